The Balaban J connectivity index is 1.85. The van der Waals surface area contributed by atoms with Crippen LogP contribution < -0.4 is 16.2 Å². The quantitative estimate of drug-likeness (QED) is 0.888. The zero-order valence-electron chi connectivity index (χ0n) is 15.1. The summed E-state index contributed by atoms with van der Waals surface area (Å²) in [4.78, 5) is 29.3. The van der Waals surface area contributed by atoms with E-state index < -0.39 is 0 Å². The van der Waals surface area contributed by atoms with Crippen LogP contribution in [0.1, 0.15) is 51.7 Å². The minimum atomic E-state index is -0.295. The highest BCUT2D eigenvalue weighted by Gasteiger charge is 2.21. The van der Waals surface area contributed by atoms with Crippen LogP contribution in [-0.2, 0) is 6.54 Å². The molecule has 2 aromatic heterocycles. The van der Waals surface area contributed by atoms with Gasteiger partial charge in [-0.25, -0.2) is 9.78 Å². The van der Waals surface area contributed by atoms with Crippen LogP contribution in [0, 0.1) is 12.8 Å². The second-order valence-electron chi connectivity index (χ2n) is 7.24. The molecular formula is C18H26N4O3. The van der Waals surface area contributed by atoms with Crippen LogP contribution in [0.4, 0.5) is 10.5 Å². The Morgan fingerprint density at radius 2 is 2.08 bits per heavy atom. The van der Waals surface area contributed by atoms with Gasteiger partial charge in [-0.05, 0) is 25.7 Å². The molecule has 0 spiro atoms. The second-order valence-corrected chi connectivity index (χ2v) is 7.24. The van der Waals surface area contributed by atoms with Crippen LogP contribution in [-0.4, -0.2) is 21.6 Å². The summed E-state index contributed by atoms with van der Waals surface area (Å²) in [6.45, 7) is 6.37. The first-order chi connectivity index (χ1) is 12.0. The van der Waals surface area contributed by atoms with Crippen molar-refractivity contribution in [2.24, 2.45) is 5.92 Å². The number of aryl methyl sites for hydroxylation is 1. The van der Waals surface area contributed by atoms with Crippen molar-refractivity contribution < 1.29 is 9.21 Å². The van der Waals surface area contributed by atoms with E-state index in [1.54, 1.807) is 11.5 Å². The molecule has 7 heteroatoms. The number of furan rings is 1. The minimum absolute atomic E-state index is 0.191. The van der Waals surface area contributed by atoms with Crippen molar-refractivity contribution in [3.8, 4) is 0 Å². The fourth-order valence-corrected chi connectivity index (χ4v) is 3.39. The van der Waals surface area contributed by atoms with Gasteiger partial charge in [-0.1, -0.05) is 33.1 Å². The molecular weight excluding hydrogens is 320 g/mol. The Hall–Kier alpha value is -2.31. The number of urea groups is 1. The van der Waals surface area contributed by atoms with Gasteiger partial charge in [0, 0.05) is 12.6 Å². The predicted molar refractivity (Wildman–Crippen MR) is 96.9 cm³/mol. The smallest absolute Gasteiger partial charge is 0.319 e. The maximum atomic E-state index is 12.8. The Labute approximate surface area is 146 Å². The zero-order valence-corrected chi connectivity index (χ0v) is 15.1. The Bertz CT molecular complexity index is 816. The number of carbonyl (C=O) groups is 1. The number of hydrogen-bond acceptors (Lipinski definition) is 4. The molecule has 3 rings (SSSR count). The van der Waals surface area contributed by atoms with Gasteiger partial charge in [-0.2, -0.15) is 0 Å². The van der Waals surface area contributed by atoms with Crippen molar-refractivity contribution in [1.29, 1.82) is 0 Å². The maximum absolute atomic E-state index is 12.8. The molecule has 1 fully saturated rings. The molecule has 2 heterocycles. The van der Waals surface area contributed by atoms with Crippen LogP contribution in [0.5, 0.6) is 0 Å². The van der Waals surface area contributed by atoms with E-state index in [9.17, 15) is 9.59 Å². The fourth-order valence-electron chi connectivity index (χ4n) is 3.39. The summed E-state index contributed by atoms with van der Waals surface area (Å²) < 4.78 is 7.13. The van der Waals surface area contributed by atoms with E-state index in [1.165, 1.54) is 12.7 Å². The number of anilines is 1. The average molecular weight is 346 g/mol. The van der Waals surface area contributed by atoms with E-state index in [1.807, 2.05) is 13.8 Å². The van der Waals surface area contributed by atoms with E-state index >= 15 is 0 Å². The van der Waals surface area contributed by atoms with Gasteiger partial charge in [-0.3, -0.25) is 9.36 Å². The summed E-state index contributed by atoms with van der Waals surface area (Å²) >= 11 is 0. The molecule has 0 radical (unpaired) electrons. The van der Waals surface area contributed by atoms with Gasteiger partial charge in [0.2, 0.25) is 5.71 Å². The highest BCUT2D eigenvalue weighted by atomic mass is 16.3. The number of nitrogens with zero attached hydrogens (tertiary/aromatic N) is 2. The van der Waals surface area contributed by atoms with Crippen LogP contribution in [0.25, 0.3) is 11.1 Å². The molecule has 2 N–H and O–H groups in total. The average Bonchev–Trinajstić information content (AvgIpc) is 2.87. The SMILES string of the molecule is Cc1oc2ncn(CC(C)C)c(=O)c2c1NC(=O)NC1CCCCC1. The molecule has 1 aliphatic rings. The Morgan fingerprint density at radius 3 is 2.76 bits per heavy atom. The standard InChI is InChI=1S/C18H26N4O3/c1-11(2)9-22-10-19-16-14(17(22)23)15(12(3)25-16)21-18(24)20-13-7-5-4-6-8-13/h10-11,13H,4-9H2,1-3H3,(H2,20,21,24). The van der Waals surface area contributed by atoms with Gasteiger partial charge >= 0.3 is 6.03 Å². The molecule has 136 valence electrons. The summed E-state index contributed by atoms with van der Waals surface area (Å²) in [6.07, 6.45) is 7.01. The van der Waals surface area contributed by atoms with Crippen LogP contribution in [0.15, 0.2) is 15.5 Å². The van der Waals surface area contributed by atoms with Crippen molar-refractivity contribution in [1.82, 2.24) is 14.9 Å². The van der Waals surface area contributed by atoms with Crippen molar-refractivity contribution >= 4 is 22.8 Å². The molecule has 0 unspecified atom stereocenters. The van der Waals surface area contributed by atoms with Gasteiger partial charge < -0.3 is 15.1 Å². The third-order valence-corrected chi connectivity index (χ3v) is 4.60. The number of amides is 2. The van der Waals surface area contributed by atoms with Crippen molar-refractivity contribution in [2.45, 2.75) is 65.5 Å². The summed E-state index contributed by atoms with van der Waals surface area (Å²) in [5.41, 5.74) is 0.484. The van der Waals surface area contributed by atoms with Crippen molar-refractivity contribution in [2.75, 3.05) is 5.32 Å². The zero-order chi connectivity index (χ0) is 18.0. The lowest BCUT2D eigenvalue weighted by atomic mass is 9.96. The van der Waals surface area contributed by atoms with Gasteiger partial charge in [0.1, 0.15) is 17.5 Å². The highest BCUT2D eigenvalue weighted by molar-refractivity contribution is 6.00. The number of carbonyl (C=O) groups excluding carboxylic acids is 1. The van der Waals surface area contributed by atoms with Crippen LogP contribution in [0.3, 0.4) is 0 Å². The van der Waals surface area contributed by atoms with E-state index in [4.69, 9.17) is 4.42 Å². The lowest BCUT2D eigenvalue weighted by Gasteiger charge is -2.22. The molecule has 25 heavy (non-hydrogen) atoms. The molecule has 2 amide bonds. The second kappa shape index (κ2) is 7.29. The van der Waals surface area contributed by atoms with Crippen molar-refractivity contribution in [3.05, 3.63) is 22.4 Å². The maximum Gasteiger partial charge on any atom is 0.319 e. The molecule has 0 aliphatic heterocycles. The molecule has 0 atom stereocenters. The third-order valence-electron chi connectivity index (χ3n) is 4.60. The topological polar surface area (TPSA) is 89.2 Å². The normalized spacial score (nSPS) is 15.7. The summed E-state index contributed by atoms with van der Waals surface area (Å²) in [7, 11) is 0. The third kappa shape index (κ3) is 3.86. The lowest BCUT2D eigenvalue weighted by molar-refractivity contribution is 0.244. The van der Waals surface area contributed by atoms with Crippen molar-refractivity contribution in [3.63, 3.8) is 0 Å². The number of hydrogen-bond donors (Lipinski definition) is 2. The van der Waals surface area contributed by atoms with Gasteiger partial charge in [0.15, 0.2) is 0 Å². The molecule has 1 aliphatic carbocycles. The first-order valence-electron chi connectivity index (χ1n) is 9.01. The first-order valence-corrected chi connectivity index (χ1v) is 9.01. The minimum Gasteiger partial charge on any atom is -0.441 e. The van der Waals surface area contributed by atoms with E-state index in [-0.39, 0.29) is 23.3 Å². The molecule has 0 aromatic carbocycles. The van der Waals surface area contributed by atoms with E-state index in [0.717, 1.165) is 25.7 Å². The summed E-state index contributed by atoms with van der Waals surface area (Å²) in [5, 5.41) is 6.13. The van der Waals surface area contributed by atoms with E-state index in [2.05, 4.69) is 15.6 Å². The molecule has 7 nitrogen and oxygen atoms in total. The number of nitrogens with one attached hydrogen (secondary N) is 2. The summed E-state index contributed by atoms with van der Waals surface area (Å²) in [5.74, 6) is 0.802. The number of rotatable bonds is 4. The monoisotopic (exact) mass is 346 g/mol. The number of fused-ring (bicyclic) bond motifs is 1. The lowest BCUT2D eigenvalue weighted by Crippen LogP contribution is -2.39. The highest BCUT2D eigenvalue weighted by Crippen LogP contribution is 2.26. The first kappa shape index (κ1) is 17.5. The molecule has 0 bridgehead atoms. The summed E-state index contributed by atoms with van der Waals surface area (Å²) in [6, 6.07) is -0.0979. The Morgan fingerprint density at radius 1 is 1.36 bits per heavy atom. The fraction of sp³-hybridized carbons (Fsp3) is 0.611. The van der Waals surface area contributed by atoms with Gasteiger partial charge in [0.05, 0.1) is 5.69 Å². The van der Waals surface area contributed by atoms with Gasteiger partial charge in [-0.15, -0.1) is 0 Å². The molecule has 0 saturated heterocycles. The van der Waals surface area contributed by atoms with Crippen LogP contribution in [0.2, 0.25) is 0 Å². The number of aromatic nitrogens is 2. The molecule has 2 aromatic rings. The van der Waals surface area contributed by atoms with Crippen LogP contribution >= 0.6 is 0 Å². The molecule has 1 saturated carbocycles. The Kier molecular flexibility index (Phi) is 5.11. The predicted octanol–water partition coefficient (Wildman–Crippen LogP) is 3.41. The van der Waals surface area contributed by atoms with E-state index in [0.29, 0.717) is 29.3 Å². The van der Waals surface area contributed by atoms with Gasteiger partial charge in [0.25, 0.3) is 5.56 Å². The largest absolute Gasteiger partial charge is 0.441 e.